The van der Waals surface area contributed by atoms with Crippen LogP contribution in [0.25, 0.3) is 10.9 Å². The highest BCUT2D eigenvalue weighted by Crippen LogP contribution is 2.36. The summed E-state index contributed by atoms with van der Waals surface area (Å²) >= 11 is 3.30. The molecule has 4 nitrogen and oxygen atoms in total. The summed E-state index contributed by atoms with van der Waals surface area (Å²) in [5, 5.41) is 9.94. The van der Waals surface area contributed by atoms with Gasteiger partial charge < -0.3 is 10.0 Å². The van der Waals surface area contributed by atoms with E-state index in [1.165, 1.54) is 4.90 Å². The maximum atomic E-state index is 13.0. The van der Waals surface area contributed by atoms with Crippen molar-refractivity contribution in [3.63, 3.8) is 0 Å². The second kappa shape index (κ2) is 4.62. The lowest BCUT2D eigenvalue weighted by molar-refractivity contribution is -0.0267. The molecular weight excluding hydrogens is 346 g/mol. The molecule has 2 heterocycles. The van der Waals surface area contributed by atoms with Gasteiger partial charge in [-0.25, -0.2) is 18.6 Å². The zero-order chi connectivity index (χ0) is 15.4. The zero-order valence-electron chi connectivity index (χ0n) is 11.0. The molecule has 7 heteroatoms. The van der Waals surface area contributed by atoms with Crippen LogP contribution < -0.4 is 4.90 Å². The molecule has 3 rings (SSSR count). The number of alkyl halides is 2. The Morgan fingerprint density at radius 3 is 2.67 bits per heavy atom. The van der Waals surface area contributed by atoms with Crippen LogP contribution in [0.2, 0.25) is 0 Å². The van der Waals surface area contributed by atoms with Gasteiger partial charge >= 0.3 is 5.97 Å². The molecule has 1 N–H and O–H groups in total. The zero-order valence-corrected chi connectivity index (χ0v) is 12.6. The van der Waals surface area contributed by atoms with Crippen molar-refractivity contribution < 1.29 is 18.7 Å². The Morgan fingerprint density at radius 1 is 1.43 bits per heavy atom. The molecule has 1 aliphatic heterocycles. The minimum Gasteiger partial charge on any atom is -0.478 e. The number of carboxylic acid groups (broad SMARTS) is 1. The maximum absolute atomic E-state index is 13.0. The Labute approximate surface area is 127 Å². The van der Waals surface area contributed by atoms with Gasteiger partial charge in [0.05, 0.1) is 24.2 Å². The molecule has 1 fully saturated rings. The van der Waals surface area contributed by atoms with Crippen molar-refractivity contribution in [1.29, 1.82) is 0 Å². The Kier molecular flexibility index (Phi) is 3.12. The number of nitrogens with zero attached hydrogens (tertiary/aromatic N) is 2. The fraction of sp³-hybridized carbons (Fsp3) is 0.286. The molecular formula is C14H11BrF2N2O2. The first kappa shape index (κ1) is 14.2. The van der Waals surface area contributed by atoms with Crippen molar-refractivity contribution in [2.75, 3.05) is 18.0 Å². The van der Waals surface area contributed by atoms with Gasteiger partial charge in [0.25, 0.3) is 5.92 Å². The van der Waals surface area contributed by atoms with Crippen molar-refractivity contribution in [1.82, 2.24) is 4.98 Å². The predicted molar refractivity (Wildman–Crippen MR) is 78.3 cm³/mol. The molecule has 2 aromatic rings. The smallest absolute Gasteiger partial charge is 0.336 e. The van der Waals surface area contributed by atoms with Crippen LogP contribution in [0.1, 0.15) is 15.9 Å². The van der Waals surface area contributed by atoms with E-state index < -0.39 is 25.0 Å². The van der Waals surface area contributed by atoms with Crippen molar-refractivity contribution in [3.05, 3.63) is 33.8 Å². The molecule has 0 atom stereocenters. The second-order valence-corrected chi connectivity index (χ2v) is 6.03. The molecule has 1 saturated heterocycles. The average molecular weight is 357 g/mol. The molecule has 0 spiro atoms. The minimum absolute atomic E-state index is 0.103. The quantitative estimate of drug-likeness (QED) is 0.895. The van der Waals surface area contributed by atoms with Crippen molar-refractivity contribution in [3.8, 4) is 0 Å². The van der Waals surface area contributed by atoms with Crippen LogP contribution in [-0.2, 0) is 0 Å². The number of halogens is 3. The predicted octanol–water partition coefficient (Wildman–Crippen LogP) is 3.46. The Balaban J connectivity index is 2.21. The number of hydrogen-bond donors (Lipinski definition) is 1. The number of benzene rings is 1. The average Bonchev–Trinajstić information content (AvgIpc) is 2.34. The number of pyridine rings is 1. The van der Waals surface area contributed by atoms with Crippen molar-refractivity contribution in [2.24, 2.45) is 0 Å². The first-order valence-corrected chi connectivity index (χ1v) is 7.04. The van der Waals surface area contributed by atoms with Crippen LogP contribution in [0.3, 0.4) is 0 Å². The maximum Gasteiger partial charge on any atom is 0.336 e. The van der Waals surface area contributed by atoms with E-state index in [9.17, 15) is 18.7 Å². The van der Waals surface area contributed by atoms with Crippen LogP contribution in [0.5, 0.6) is 0 Å². The molecule has 21 heavy (non-hydrogen) atoms. The summed E-state index contributed by atoms with van der Waals surface area (Å²) in [5.41, 5.74) is 0.988. The molecule has 1 aliphatic rings. The van der Waals surface area contributed by atoms with Gasteiger partial charge in [-0.15, -0.1) is 0 Å². The molecule has 0 amide bonds. The number of carbonyl (C=O) groups is 1. The first-order valence-electron chi connectivity index (χ1n) is 6.24. The molecule has 0 unspecified atom stereocenters. The van der Waals surface area contributed by atoms with Gasteiger partial charge in [0.15, 0.2) is 0 Å². The number of rotatable bonds is 2. The lowest BCUT2D eigenvalue weighted by Gasteiger charge is -2.40. The summed E-state index contributed by atoms with van der Waals surface area (Å²) < 4.78 is 26.8. The molecule has 0 radical (unpaired) electrons. The van der Waals surface area contributed by atoms with Crippen LogP contribution in [0.4, 0.5) is 14.6 Å². The highest BCUT2D eigenvalue weighted by atomic mass is 79.9. The van der Waals surface area contributed by atoms with E-state index in [2.05, 4.69) is 20.9 Å². The summed E-state index contributed by atoms with van der Waals surface area (Å²) in [4.78, 5) is 17.3. The topological polar surface area (TPSA) is 53.4 Å². The lowest BCUT2D eigenvalue weighted by atomic mass is 10.0. The van der Waals surface area contributed by atoms with Gasteiger partial charge in [-0.2, -0.15) is 0 Å². The first-order chi connectivity index (χ1) is 9.78. The molecule has 0 bridgehead atoms. The number of anilines is 1. The Morgan fingerprint density at radius 2 is 2.10 bits per heavy atom. The van der Waals surface area contributed by atoms with Gasteiger partial charge in [-0.3, -0.25) is 0 Å². The van der Waals surface area contributed by atoms with E-state index in [4.69, 9.17) is 0 Å². The molecule has 1 aromatic heterocycles. The highest BCUT2D eigenvalue weighted by molar-refractivity contribution is 9.10. The summed E-state index contributed by atoms with van der Waals surface area (Å²) in [6.07, 6.45) is 0. The van der Waals surface area contributed by atoms with Gasteiger partial charge in [0, 0.05) is 15.4 Å². The summed E-state index contributed by atoms with van der Waals surface area (Å²) in [7, 11) is 0. The standard InChI is InChI=1S/C14H11BrF2N2O2/c1-7-11(13(20)21)9-4-8(15)2-3-10(9)18-12(7)19-5-14(16,17)6-19/h2-4H,5-6H2,1H3,(H,20,21). The summed E-state index contributed by atoms with van der Waals surface area (Å²) in [6.45, 7) is 0.743. The lowest BCUT2D eigenvalue weighted by Crippen LogP contribution is -2.57. The molecule has 1 aromatic carbocycles. The van der Waals surface area contributed by atoms with E-state index in [1.54, 1.807) is 25.1 Å². The van der Waals surface area contributed by atoms with Crippen LogP contribution >= 0.6 is 15.9 Å². The van der Waals surface area contributed by atoms with E-state index in [0.29, 0.717) is 22.3 Å². The SMILES string of the molecule is Cc1c(N2CC(F)(F)C2)nc2ccc(Br)cc2c1C(=O)O. The van der Waals surface area contributed by atoms with E-state index in [0.717, 1.165) is 4.47 Å². The molecule has 0 saturated carbocycles. The Hall–Kier alpha value is -1.76. The van der Waals surface area contributed by atoms with Gasteiger partial charge in [0.1, 0.15) is 5.82 Å². The third kappa shape index (κ3) is 2.35. The van der Waals surface area contributed by atoms with E-state index in [-0.39, 0.29) is 5.56 Å². The van der Waals surface area contributed by atoms with Gasteiger partial charge in [-0.05, 0) is 25.1 Å². The molecule has 0 aliphatic carbocycles. The summed E-state index contributed by atoms with van der Waals surface area (Å²) in [5.74, 6) is -3.51. The Bertz CT molecular complexity index is 756. The van der Waals surface area contributed by atoms with Gasteiger partial charge in [-0.1, -0.05) is 15.9 Å². The molecule has 110 valence electrons. The van der Waals surface area contributed by atoms with Crippen LogP contribution in [-0.4, -0.2) is 35.1 Å². The van der Waals surface area contributed by atoms with E-state index >= 15 is 0 Å². The number of carboxylic acids is 1. The fourth-order valence-electron chi connectivity index (χ4n) is 2.56. The van der Waals surface area contributed by atoms with Crippen LogP contribution in [0.15, 0.2) is 22.7 Å². The van der Waals surface area contributed by atoms with Crippen molar-refractivity contribution >= 4 is 38.6 Å². The number of aromatic carboxylic acids is 1. The van der Waals surface area contributed by atoms with Crippen LogP contribution in [0, 0.1) is 6.92 Å². The number of aromatic nitrogens is 1. The third-order valence-electron chi connectivity index (χ3n) is 3.52. The summed E-state index contributed by atoms with van der Waals surface area (Å²) in [6, 6.07) is 5.09. The largest absolute Gasteiger partial charge is 0.478 e. The van der Waals surface area contributed by atoms with Gasteiger partial charge in [0.2, 0.25) is 0 Å². The third-order valence-corrected chi connectivity index (χ3v) is 4.02. The number of fused-ring (bicyclic) bond motifs is 1. The number of hydrogen-bond acceptors (Lipinski definition) is 3. The fourth-order valence-corrected chi connectivity index (χ4v) is 2.92. The second-order valence-electron chi connectivity index (χ2n) is 5.11. The monoisotopic (exact) mass is 356 g/mol. The highest BCUT2D eigenvalue weighted by Gasteiger charge is 2.45. The van der Waals surface area contributed by atoms with E-state index in [1.807, 2.05) is 0 Å². The normalized spacial score (nSPS) is 16.9. The van der Waals surface area contributed by atoms with Crippen molar-refractivity contribution in [2.45, 2.75) is 12.8 Å². The minimum atomic E-state index is -2.73.